The van der Waals surface area contributed by atoms with Crippen LogP contribution >= 0.6 is 11.6 Å². The van der Waals surface area contributed by atoms with Crippen LogP contribution in [0.3, 0.4) is 0 Å². The Bertz CT molecular complexity index is 446. The second kappa shape index (κ2) is 6.25. The van der Waals surface area contributed by atoms with Gasteiger partial charge < -0.3 is 11.1 Å². The molecule has 1 amide bonds. The maximum Gasteiger partial charge on any atom is 0.216 e. The molecule has 1 rings (SSSR count). The maximum atomic E-state index is 13.2. The van der Waals surface area contributed by atoms with Gasteiger partial charge in [0.2, 0.25) is 5.91 Å². The van der Waals surface area contributed by atoms with Crippen molar-refractivity contribution < 1.29 is 9.18 Å². The molecule has 17 heavy (non-hydrogen) atoms. The molecule has 92 valence electrons. The first kappa shape index (κ1) is 13.5. The summed E-state index contributed by atoms with van der Waals surface area (Å²) in [5.74, 6) is -0.606. The molecule has 3 N–H and O–H groups in total. The van der Waals surface area contributed by atoms with E-state index in [1.54, 1.807) is 18.2 Å². The largest absolute Gasteiger partial charge is 0.396 e. The van der Waals surface area contributed by atoms with E-state index in [1.807, 2.05) is 0 Å². The van der Waals surface area contributed by atoms with Gasteiger partial charge in [-0.1, -0.05) is 23.8 Å². The maximum absolute atomic E-state index is 13.2. The van der Waals surface area contributed by atoms with Gasteiger partial charge in [-0.05, 0) is 18.6 Å². The van der Waals surface area contributed by atoms with Crippen molar-refractivity contribution >= 4 is 29.3 Å². The molecule has 0 saturated heterocycles. The lowest BCUT2D eigenvalue weighted by Crippen LogP contribution is -2.20. The highest BCUT2D eigenvalue weighted by Gasteiger charge is 2.04. The third kappa shape index (κ3) is 4.44. The van der Waals surface area contributed by atoms with Crippen molar-refractivity contribution in [1.29, 1.82) is 0 Å². The molecular formula is C12H14ClFN2O. The third-order valence-corrected chi connectivity index (χ3v) is 2.33. The van der Waals surface area contributed by atoms with Crippen LogP contribution in [0.5, 0.6) is 0 Å². The normalized spacial score (nSPS) is 10.8. The van der Waals surface area contributed by atoms with E-state index in [4.69, 9.17) is 17.3 Å². The highest BCUT2D eigenvalue weighted by molar-refractivity contribution is 6.30. The molecule has 0 unspecified atom stereocenters. The number of hydrogen-bond donors (Lipinski definition) is 2. The second-order valence-corrected chi connectivity index (χ2v) is 4.00. The van der Waals surface area contributed by atoms with Gasteiger partial charge in [-0.2, -0.15) is 0 Å². The number of nitrogen functional groups attached to an aromatic ring is 1. The van der Waals surface area contributed by atoms with Gasteiger partial charge >= 0.3 is 0 Å². The van der Waals surface area contributed by atoms with Gasteiger partial charge in [0.05, 0.1) is 5.69 Å². The van der Waals surface area contributed by atoms with Crippen molar-refractivity contribution in [3.63, 3.8) is 0 Å². The fraction of sp³-hybridized carbons (Fsp3) is 0.250. The predicted molar refractivity (Wildman–Crippen MR) is 68.2 cm³/mol. The quantitative estimate of drug-likeness (QED) is 0.643. The SMILES string of the molecule is CC(=O)NCCC=Cc1cc(Cl)cc(F)c1N. The zero-order valence-electron chi connectivity index (χ0n) is 9.47. The average Bonchev–Trinajstić information content (AvgIpc) is 2.23. The molecule has 0 spiro atoms. The summed E-state index contributed by atoms with van der Waals surface area (Å²) in [7, 11) is 0. The Hall–Kier alpha value is -1.55. The Morgan fingerprint density at radius 1 is 1.59 bits per heavy atom. The number of rotatable bonds is 4. The summed E-state index contributed by atoms with van der Waals surface area (Å²) < 4.78 is 13.2. The number of anilines is 1. The Kier molecular flexibility index (Phi) is 4.97. The third-order valence-electron chi connectivity index (χ3n) is 2.11. The van der Waals surface area contributed by atoms with Crippen molar-refractivity contribution in [1.82, 2.24) is 5.32 Å². The zero-order chi connectivity index (χ0) is 12.8. The van der Waals surface area contributed by atoms with Crippen LogP contribution in [0.2, 0.25) is 5.02 Å². The summed E-state index contributed by atoms with van der Waals surface area (Å²) in [5, 5.41) is 2.95. The van der Waals surface area contributed by atoms with E-state index < -0.39 is 5.82 Å². The Morgan fingerprint density at radius 3 is 2.94 bits per heavy atom. The summed E-state index contributed by atoms with van der Waals surface area (Å²) in [6.07, 6.45) is 4.14. The number of nitrogens with two attached hydrogens (primary N) is 1. The molecule has 3 nitrogen and oxygen atoms in total. The van der Waals surface area contributed by atoms with Crippen LogP contribution in [-0.4, -0.2) is 12.5 Å². The van der Waals surface area contributed by atoms with Crippen LogP contribution in [0.4, 0.5) is 10.1 Å². The van der Waals surface area contributed by atoms with E-state index in [-0.39, 0.29) is 11.6 Å². The van der Waals surface area contributed by atoms with Crippen molar-refractivity contribution in [3.05, 3.63) is 34.6 Å². The molecule has 1 aromatic carbocycles. The number of halogens is 2. The number of carbonyl (C=O) groups is 1. The molecule has 0 radical (unpaired) electrons. The first-order chi connectivity index (χ1) is 8.00. The minimum atomic E-state index is -0.529. The van der Waals surface area contributed by atoms with Crippen LogP contribution in [0.15, 0.2) is 18.2 Å². The van der Waals surface area contributed by atoms with Gasteiger partial charge in [0, 0.05) is 24.1 Å². The molecule has 0 saturated carbocycles. The number of amides is 1. The van der Waals surface area contributed by atoms with Gasteiger partial charge in [0.15, 0.2) is 0 Å². The number of nitrogens with one attached hydrogen (secondary N) is 1. The van der Waals surface area contributed by atoms with E-state index in [2.05, 4.69) is 5.32 Å². The lowest BCUT2D eigenvalue weighted by molar-refractivity contribution is -0.118. The Labute approximate surface area is 104 Å². The molecule has 0 aliphatic heterocycles. The molecule has 0 atom stereocenters. The smallest absolute Gasteiger partial charge is 0.216 e. The van der Waals surface area contributed by atoms with Gasteiger partial charge in [-0.15, -0.1) is 0 Å². The van der Waals surface area contributed by atoms with Crippen LogP contribution in [0.1, 0.15) is 18.9 Å². The molecular weight excluding hydrogens is 243 g/mol. The summed E-state index contributed by atoms with van der Waals surface area (Å²) in [5.41, 5.74) is 6.17. The van der Waals surface area contributed by atoms with E-state index in [9.17, 15) is 9.18 Å². The molecule has 1 aromatic rings. The van der Waals surface area contributed by atoms with Crippen molar-refractivity contribution in [2.45, 2.75) is 13.3 Å². The topological polar surface area (TPSA) is 55.1 Å². The zero-order valence-corrected chi connectivity index (χ0v) is 10.2. The molecule has 0 aliphatic rings. The highest BCUT2D eigenvalue weighted by Crippen LogP contribution is 2.23. The lowest BCUT2D eigenvalue weighted by atomic mass is 10.1. The number of hydrogen-bond acceptors (Lipinski definition) is 2. The van der Waals surface area contributed by atoms with E-state index in [0.29, 0.717) is 23.6 Å². The lowest BCUT2D eigenvalue weighted by Gasteiger charge is -2.03. The van der Waals surface area contributed by atoms with Gasteiger partial charge in [-0.3, -0.25) is 4.79 Å². The first-order valence-electron chi connectivity index (χ1n) is 5.16. The molecule has 0 heterocycles. The predicted octanol–water partition coefficient (Wildman–Crippen LogP) is 2.60. The monoisotopic (exact) mass is 256 g/mol. The minimum absolute atomic E-state index is 0.0742. The molecule has 0 aliphatic carbocycles. The minimum Gasteiger partial charge on any atom is -0.396 e. The van der Waals surface area contributed by atoms with Crippen molar-refractivity contribution in [2.24, 2.45) is 0 Å². The molecule has 0 aromatic heterocycles. The standard InChI is InChI=1S/C12H14ClFN2O/c1-8(17)16-5-3-2-4-9-6-10(13)7-11(14)12(9)15/h2,4,6-7H,3,5,15H2,1H3,(H,16,17). The van der Waals surface area contributed by atoms with Crippen molar-refractivity contribution in [2.75, 3.05) is 12.3 Å². The van der Waals surface area contributed by atoms with Crippen LogP contribution < -0.4 is 11.1 Å². The number of benzene rings is 1. The summed E-state index contributed by atoms with van der Waals surface area (Å²) in [4.78, 5) is 10.6. The molecule has 5 heteroatoms. The number of carbonyl (C=O) groups excluding carboxylic acids is 1. The fourth-order valence-corrected chi connectivity index (χ4v) is 1.50. The van der Waals surface area contributed by atoms with E-state index in [0.717, 1.165) is 0 Å². The molecule has 0 bridgehead atoms. The van der Waals surface area contributed by atoms with Crippen LogP contribution in [0, 0.1) is 5.82 Å². The van der Waals surface area contributed by atoms with Crippen LogP contribution in [0.25, 0.3) is 6.08 Å². The average molecular weight is 257 g/mol. The van der Waals surface area contributed by atoms with E-state index >= 15 is 0 Å². The second-order valence-electron chi connectivity index (χ2n) is 3.56. The van der Waals surface area contributed by atoms with Gasteiger partial charge in [0.25, 0.3) is 0 Å². The summed E-state index contributed by atoms with van der Waals surface area (Å²) >= 11 is 5.72. The fourth-order valence-electron chi connectivity index (χ4n) is 1.28. The van der Waals surface area contributed by atoms with Gasteiger partial charge in [0.1, 0.15) is 5.82 Å². The van der Waals surface area contributed by atoms with Crippen molar-refractivity contribution in [3.8, 4) is 0 Å². The highest BCUT2D eigenvalue weighted by atomic mass is 35.5. The van der Waals surface area contributed by atoms with Crippen LogP contribution in [-0.2, 0) is 4.79 Å². The summed E-state index contributed by atoms with van der Waals surface area (Å²) in [6, 6.07) is 2.76. The Morgan fingerprint density at radius 2 is 2.29 bits per heavy atom. The van der Waals surface area contributed by atoms with Gasteiger partial charge in [-0.25, -0.2) is 4.39 Å². The van der Waals surface area contributed by atoms with E-state index in [1.165, 1.54) is 13.0 Å². The molecule has 0 fully saturated rings. The summed E-state index contributed by atoms with van der Waals surface area (Å²) in [6.45, 7) is 1.99. The first-order valence-corrected chi connectivity index (χ1v) is 5.54. The Balaban J connectivity index is 2.62.